The molecule has 0 radical (unpaired) electrons. The first kappa shape index (κ1) is 16.1. The summed E-state index contributed by atoms with van der Waals surface area (Å²) in [6, 6.07) is 19.6. The quantitative estimate of drug-likeness (QED) is 0.584. The first-order valence-corrected chi connectivity index (χ1v) is 8.41. The SMILES string of the molecule is Cc1ccc(/C=N/NC(=O)[C@@H]2COc3cc4ccccc4cc3O2)cc1. The van der Waals surface area contributed by atoms with Crippen LogP contribution in [-0.2, 0) is 4.79 Å². The van der Waals surface area contributed by atoms with Crippen LogP contribution in [-0.4, -0.2) is 24.8 Å². The molecule has 1 heterocycles. The molecule has 1 atom stereocenters. The average Bonchev–Trinajstić information content (AvgIpc) is 2.67. The number of fused-ring (bicyclic) bond motifs is 2. The average molecular weight is 346 g/mol. The maximum absolute atomic E-state index is 12.3. The number of nitrogens with one attached hydrogen (secondary N) is 1. The van der Waals surface area contributed by atoms with Crippen molar-refractivity contribution in [2.75, 3.05) is 6.61 Å². The molecule has 0 unspecified atom stereocenters. The summed E-state index contributed by atoms with van der Waals surface area (Å²) in [5, 5.41) is 6.10. The largest absolute Gasteiger partial charge is 0.485 e. The molecule has 0 saturated heterocycles. The molecule has 0 bridgehead atoms. The highest BCUT2D eigenvalue weighted by molar-refractivity contribution is 5.88. The van der Waals surface area contributed by atoms with Gasteiger partial charge in [0.2, 0.25) is 6.10 Å². The van der Waals surface area contributed by atoms with E-state index in [2.05, 4.69) is 10.5 Å². The zero-order valence-electron chi connectivity index (χ0n) is 14.3. The maximum atomic E-state index is 12.3. The summed E-state index contributed by atoms with van der Waals surface area (Å²) >= 11 is 0. The molecule has 3 aromatic rings. The van der Waals surface area contributed by atoms with E-state index in [0.717, 1.165) is 16.3 Å². The van der Waals surface area contributed by atoms with E-state index in [-0.39, 0.29) is 12.5 Å². The van der Waals surface area contributed by atoms with E-state index in [1.54, 1.807) is 6.21 Å². The van der Waals surface area contributed by atoms with Crippen LogP contribution in [0.15, 0.2) is 65.8 Å². The number of ether oxygens (including phenoxy) is 2. The van der Waals surface area contributed by atoms with Gasteiger partial charge in [0, 0.05) is 0 Å². The van der Waals surface area contributed by atoms with Gasteiger partial charge in [-0.1, -0.05) is 54.1 Å². The Balaban J connectivity index is 1.43. The summed E-state index contributed by atoms with van der Waals surface area (Å²) in [5.41, 5.74) is 4.59. The number of hydrogen-bond donors (Lipinski definition) is 1. The molecule has 5 nitrogen and oxygen atoms in total. The molecule has 0 spiro atoms. The van der Waals surface area contributed by atoms with Crippen molar-refractivity contribution in [1.82, 2.24) is 5.43 Å². The monoisotopic (exact) mass is 346 g/mol. The maximum Gasteiger partial charge on any atom is 0.284 e. The summed E-state index contributed by atoms with van der Waals surface area (Å²) in [4.78, 5) is 12.3. The Morgan fingerprint density at radius 1 is 1.08 bits per heavy atom. The molecule has 5 heteroatoms. The number of carbonyl (C=O) groups is 1. The third-order valence-corrected chi connectivity index (χ3v) is 4.23. The molecule has 1 N–H and O–H groups in total. The molecule has 0 saturated carbocycles. The minimum absolute atomic E-state index is 0.150. The van der Waals surface area contributed by atoms with Crippen LogP contribution >= 0.6 is 0 Å². The predicted molar refractivity (Wildman–Crippen MR) is 101 cm³/mol. The van der Waals surface area contributed by atoms with Gasteiger partial charge < -0.3 is 9.47 Å². The van der Waals surface area contributed by atoms with Crippen LogP contribution in [0.2, 0.25) is 0 Å². The zero-order valence-corrected chi connectivity index (χ0v) is 14.3. The molecule has 1 aliphatic heterocycles. The number of rotatable bonds is 3. The van der Waals surface area contributed by atoms with Gasteiger partial charge in [0.05, 0.1) is 6.21 Å². The van der Waals surface area contributed by atoms with Crippen molar-refractivity contribution < 1.29 is 14.3 Å². The number of nitrogens with zero attached hydrogens (tertiary/aromatic N) is 1. The Kier molecular flexibility index (Phi) is 4.27. The van der Waals surface area contributed by atoms with Crippen molar-refractivity contribution in [3.05, 3.63) is 71.8 Å². The van der Waals surface area contributed by atoms with E-state index < -0.39 is 6.10 Å². The lowest BCUT2D eigenvalue weighted by Crippen LogP contribution is -2.42. The minimum atomic E-state index is -0.737. The van der Waals surface area contributed by atoms with Gasteiger partial charge in [0.15, 0.2) is 11.5 Å². The van der Waals surface area contributed by atoms with Gasteiger partial charge in [-0.05, 0) is 35.4 Å². The van der Waals surface area contributed by atoms with E-state index in [1.165, 1.54) is 5.56 Å². The molecule has 1 aliphatic rings. The lowest BCUT2D eigenvalue weighted by atomic mass is 10.1. The van der Waals surface area contributed by atoms with Gasteiger partial charge in [-0.2, -0.15) is 5.10 Å². The topological polar surface area (TPSA) is 59.9 Å². The van der Waals surface area contributed by atoms with Gasteiger partial charge >= 0.3 is 0 Å². The molecule has 26 heavy (non-hydrogen) atoms. The zero-order chi connectivity index (χ0) is 17.9. The summed E-state index contributed by atoms with van der Waals surface area (Å²) in [5.74, 6) is 0.876. The number of hydrazone groups is 1. The molecular formula is C21H18N2O3. The Labute approximate surface area is 151 Å². The molecule has 4 rings (SSSR count). The standard InChI is InChI=1S/C21H18N2O3/c1-14-6-8-15(9-7-14)12-22-23-21(24)20-13-25-18-10-16-4-2-3-5-17(16)11-19(18)26-20/h2-12,20H,13H2,1H3,(H,23,24)/b22-12+/t20-/m0/s1. The van der Waals surface area contributed by atoms with E-state index in [4.69, 9.17) is 9.47 Å². The van der Waals surface area contributed by atoms with Gasteiger partial charge in [0.1, 0.15) is 6.61 Å². The number of benzene rings is 3. The molecule has 1 amide bonds. The summed E-state index contributed by atoms with van der Waals surface area (Å²) in [6.07, 6.45) is 0.862. The Morgan fingerprint density at radius 2 is 1.77 bits per heavy atom. The van der Waals surface area contributed by atoms with Gasteiger partial charge in [0.25, 0.3) is 5.91 Å². The highest BCUT2D eigenvalue weighted by Gasteiger charge is 2.27. The highest BCUT2D eigenvalue weighted by Crippen LogP contribution is 2.35. The molecular weight excluding hydrogens is 328 g/mol. The molecule has 0 aromatic heterocycles. The van der Waals surface area contributed by atoms with Crippen LogP contribution in [0.5, 0.6) is 11.5 Å². The second-order valence-corrected chi connectivity index (χ2v) is 6.21. The summed E-state index contributed by atoms with van der Waals surface area (Å²) < 4.78 is 11.5. The van der Waals surface area contributed by atoms with E-state index in [1.807, 2.05) is 67.6 Å². The first-order chi connectivity index (χ1) is 12.7. The predicted octanol–water partition coefficient (Wildman–Crippen LogP) is 3.44. The van der Waals surface area contributed by atoms with Crippen molar-refractivity contribution >= 4 is 22.9 Å². The number of aryl methyl sites for hydroxylation is 1. The van der Waals surface area contributed by atoms with Crippen LogP contribution in [0.3, 0.4) is 0 Å². The Hall–Kier alpha value is -3.34. The van der Waals surface area contributed by atoms with E-state index in [9.17, 15) is 4.79 Å². The minimum Gasteiger partial charge on any atom is -0.485 e. The van der Waals surface area contributed by atoms with Crippen molar-refractivity contribution in [3.63, 3.8) is 0 Å². The van der Waals surface area contributed by atoms with E-state index >= 15 is 0 Å². The summed E-state index contributed by atoms with van der Waals surface area (Å²) in [6.45, 7) is 2.17. The highest BCUT2D eigenvalue weighted by atomic mass is 16.6. The lowest BCUT2D eigenvalue weighted by molar-refractivity contribution is -0.130. The molecule has 3 aromatic carbocycles. The second-order valence-electron chi connectivity index (χ2n) is 6.21. The normalized spacial score (nSPS) is 16.0. The summed E-state index contributed by atoms with van der Waals surface area (Å²) in [7, 11) is 0. The molecule has 130 valence electrons. The Morgan fingerprint density at radius 3 is 2.50 bits per heavy atom. The van der Waals surface area contributed by atoms with Crippen LogP contribution in [0, 0.1) is 6.92 Å². The van der Waals surface area contributed by atoms with Crippen LogP contribution < -0.4 is 14.9 Å². The second kappa shape index (κ2) is 6.88. The van der Waals surface area contributed by atoms with Crippen molar-refractivity contribution in [2.45, 2.75) is 13.0 Å². The van der Waals surface area contributed by atoms with Crippen molar-refractivity contribution in [2.24, 2.45) is 5.10 Å². The van der Waals surface area contributed by atoms with E-state index in [0.29, 0.717) is 11.5 Å². The lowest BCUT2D eigenvalue weighted by Gasteiger charge is -2.25. The van der Waals surface area contributed by atoms with Gasteiger partial charge in [-0.15, -0.1) is 0 Å². The third kappa shape index (κ3) is 3.37. The third-order valence-electron chi connectivity index (χ3n) is 4.23. The van der Waals surface area contributed by atoms with Crippen LogP contribution in [0.25, 0.3) is 10.8 Å². The molecule has 0 aliphatic carbocycles. The van der Waals surface area contributed by atoms with Gasteiger partial charge in [-0.25, -0.2) is 5.43 Å². The van der Waals surface area contributed by atoms with Crippen LogP contribution in [0.1, 0.15) is 11.1 Å². The molecule has 0 fully saturated rings. The Bertz CT molecular complexity index is 980. The fraction of sp³-hybridized carbons (Fsp3) is 0.143. The van der Waals surface area contributed by atoms with Crippen molar-refractivity contribution in [1.29, 1.82) is 0 Å². The number of amides is 1. The van der Waals surface area contributed by atoms with Crippen LogP contribution in [0.4, 0.5) is 0 Å². The van der Waals surface area contributed by atoms with Crippen molar-refractivity contribution in [3.8, 4) is 11.5 Å². The fourth-order valence-electron chi connectivity index (χ4n) is 2.78. The first-order valence-electron chi connectivity index (χ1n) is 8.41. The smallest absolute Gasteiger partial charge is 0.284 e. The number of carbonyl (C=O) groups excluding carboxylic acids is 1. The number of hydrogen-bond acceptors (Lipinski definition) is 4. The fourth-order valence-corrected chi connectivity index (χ4v) is 2.78. The van der Waals surface area contributed by atoms with Gasteiger partial charge in [-0.3, -0.25) is 4.79 Å².